The van der Waals surface area contributed by atoms with E-state index in [-0.39, 0.29) is 27.7 Å². The van der Waals surface area contributed by atoms with E-state index in [0.29, 0.717) is 10.7 Å². The van der Waals surface area contributed by atoms with Crippen LogP contribution in [0.4, 0.5) is 11.4 Å². The van der Waals surface area contributed by atoms with Gasteiger partial charge in [0.25, 0.3) is 17.5 Å². The standard InChI is InChI=1S/C18H12ClN3O5S/c1-27-15-7-6-13(22(25)26)8-10(15)9-14-16(23)20-18(28)21(17(14)24)12-4-2-11(19)3-5-12/h2-9H,1H3,(H,20,23,28)/b14-9+. The second-order valence-electron chi connectivity index (χ2n) is 5.62. The molecule has 0 unspecified atom stereocenters. The van der Waals surface area contributed by atoms with Crippen molar-refractivity contribution >= 4 is 58.2 Å². The van der Waals surface area contributed by atoms with E-state index in [1.807, 2.05) is 0 Å². The van der Waals surface area contributed by atoms with E-state index >= 15 is 0 Å². The average Bonchev–Trinajstić information content (AvgIpc) is 2.66. The molecular weight excluding hydrogens is 406 g/mol. The average molecular weight is 418 g/mol. The number of nitro benzene ring substituents is 1. The Morgan fingerprint density at radius 3 is 2.50 bits per heavy atom. The third-order valence-corrected chi connectivity index (χ3v) is 4.45. The van der Waals surface area contributed by atoms with Crippen molar-refractivity contribution in [3.05, 3.63) is 68.7 Å². The number of thiocarbonyl (C=S) groups is 1. The Morgan fingerprint density at radius 2 is 1.89 bits per heavy atom. The number of rotatable bonds is 4. The van der Waals surface area contributed by atoms with Crippen molar-refractivity contribution in [2.75, 3.05) is 12.0 Å². The molecule has 1 heterocycles. The molecule has 28 heavy (non-hydrogen) atoms. The molecule has 2 aromatic carbocycles. The molecule has 10 heteroatoms. The largest absolute Gasteiger partial charge is 0.496 e. The van der Waals surface area contributed by atoms with Crippen molar-refractivity contribution in [2.45, 2.75) is 0 Å². The van der Waals surface area contributed by atoms with Gasteiger partial charge >= 0.3 is 0 Å². The van der Waals surface area contributed by atoms with Crippen LogP contribution in [0.5, 0.6) is 5.75 Å². The van der Waals surface area contributed by atoms with E-state index in [2.05, 4.69) is 5.32 Å². The minimum absolute atomic E-state index is 0.0829. The van der Waals surface area contributed by atoms with Gasteiger partial charge in [0.15, 0.2) is 5.11 Å². The van der Waals surface area contributed by atoms with Gasteiger partial charge in [0.2, 0.25) is 0 Å². The highest BCUT2D eigenvalue weighted by Crippen LogP contribution is 2.28. The Kier molecular flexibility index (Phi) is 5.39. The number of hydrogen-bond acceptors (Lipinski definition) is 6. The Bertz CT molecular complexity index is 1040. The first-order valence-electron chi connectivity index (χ1n) is 7.81. The summed E-state index contributed by atoms with van der Waals surface area (Å²) >= 11 is 11.0. The summed E-state index contributed by atoms with van der Waals surface area (Å²) in [5.74, 6) is -1.12. The van der Waals surface area contributed by atoms with Crippen molar-refractivity contribution in [3.63, 3.8) is 0 Å². The third-order valence-electron chi connectivity index (χ3n) is 3.91. The van der Waals surface area contributed by atoms with Crippen LogP contribution in [0.2, 0.25) is 5.02 Å². The maximum atomic E-state index is 13.0. The van der Waals surface area contributed by atoms with Gasteiger partial charge < -0.3 is 4.74 Å². The van der Waals surface area contributed by atoms with Gasteiger partial charge in [0.05, 0.1) is 17.7 Å². The van der Waals surface area contributed by atoms with Gasteiger partial charge in [-0.05, 0) is 48.6 Å². The number of hydrogen-bond donors (Lipinski definition) is 1. The summed E-state index contributed by atoms with van der Waals surface area (Å²) in [4.78, 5) is 36.9. The number of nitrogens with zero attached hydrogens (tertiary/aromatic N) is 2. The summed E-state index contributed by atoms with van der Waals surface area (Å²) in [5, 5.41) is 13.9. The lowest BCUT2D eigenvalue weighted by molar-refractivity contribution is -0.384. The number of methoxy groups -OCH3 is 1. The number of carbonyl (C=O) groups excluding carboxylic acids is 2. The molecule has 0 saturated carbocycles. The monoisotopic (exact) mass is 417 g/mol. The zero-order valence-corrected chi connectivity index (χ0v) is 15.9. The highest BCUT2D eigenvalue weighted by molar-refractivity contribution is 7.80. The Morgan fingerprint density at radius 1 is 1.21 bits per heavy atom. The van der Waals surface area contributed by atoms with Crippen LogP contribution in [0.15, 0.2) is 48.0 Å². The molecular formula is C18H12ClN3O5S. The van der Waals surface area contributed by atoms with Gasteiger partial charge in [-0.15, -0.1) is 0 Å². The molecule has 0 aromatic heterocycles. The Balaban J connectivity index is 2.08. The number of non-ortho nitro benzene ring substituents is 1. The van der Waals surface area contributed by atoms with Crippen molar-refractivity contribution in [2.24, 2.45) is 0 Å². The number of anilines is 1. The molecule has 1 N–H and O–H groups in total. The molecule has 0 spiro atoms. The zero-order valence-electron chi connectivity index (χ0n) is 14.3. The highest BCUT2D eigenvalue weighted by atomic mass is 35.5. The molecule has 0 radical (unpaired) electrons. The van der Waals surface area contributed by atoms with Crippen LogP contribution in [0.1, 0.15) is 5.56 Å². The fraction of sp³-hybridized carbons (Fsp3) is 0.0556. The topological polar surface area (TPSA) is 102 Å². The van der Waals surface area contributed by atoms with Gasteiger partial charge in [0.1, 0.15) is 11.3 Å². The van der Waals surface area contributed by atoms with Gasteiger partial charge in [0, 0.05) is 22.7 Å². The van der Waals surface area contributed by atoms with Crippen LogP contribution in [-0.2, 0) is 9.59 Å². The lowest BCUT2D eigenvalue weighted by Crippen LogP contribution is -2.54. The van der Waals surface area contributed by atoms with Gasteiger partial charge in [-0.1, -0.05) is 11.6 Å². The number of nitrogens with one attached hydrogen (secondary N) is 1. The number of ether oxygens (including phenoxy) is 1. The first-order valence-corrected chi connectivity index (χ1v) is 8.60. The Hall–Kier alpha value is -3.30. The second kappa shape index (κ2) is 7.75. The molecule has 142 valence electrons. The summed E-state index contributed by atoms with van der Waals surface area (Å²) in [6.07, 6.45) is 1.23. The van der Waals surface area contributed by atoms with Crippen LogP contribution < -0.4 is 15.0 Å². The highest BCUT2D eigenvalue weighted by Gasteiger charge is 2.34. The predicted molar refractivity (Wildman–Crippen MR) is 107 cm³/mol. The molecule has 8 nitrogen and oxygen atoms in total. The first kappa shape index (κ1) is 19.5. The second-order valence-corrected chi connectivity index (χ2v) is 6.44. The van der Waals surface area contributed by atoms with Crippen molar-refractivity contribution in [1.82, 2.24) is 5.32 Å². The maximum Gasteiger partial charge on any atom is 0.270 e. The van der Waals surface area contributed by atoms with Crippen molar-refractivity contribution in [3.8, 4) is 5.75 Å². The SMILES string of the molecule is COc1ccc([N+](=O)[O-])cc1/C=C1\C(=O)NC(=S)N(c2ccc(Cl)cc2)C1=O. The van der Waals surface area contributed by atoms with Gasteiger partial charge in [-0.2, -0.15) is 0 Å². The maximum absolute atomic E-state index is 13.0. The number of benzene rings is 2. The molecule has 0 bridgehead atoms. The quantitative estimate of drug-likeness (QED) is 0.269. The lowest BCUT2D eigenvalue weighted by atomic mass is 10.1. The number of amides is 2. The van der Waals surface area contributed by atoms with E-state index in [1.165, 1.54) is 31.4 Å². The van der Waals surface area contributed by atoms with Crippen LogP contribution in [0.3, 0.4) is 0 Å². The fourth-order valence-corrected chi connectivity index (χ4v) is 2.99. The van der Waals surface area contributed by atoms with E-state index < -0.39 is 16.7 Å². The Labute approximate surface area is 169 Å². The summed E-state index contributed by atoms with van der Waals surface area (Å²) < 4.78 is 5.17. The predicted octanol–water partition coefficient (Wildman–Crippen LogP) is 3.09. The van der Waals surface area contributed by atoms with Crippen LogP contribution in [0.25, 0.3) is 6.08 Å². The van der Waals surface area contributed by atoms with Crippen molar-refractivity contribution < 1.29 is 19.2 Å². The van der Waals surface area contributed by atoms with E-state index in [4.69, 9.17) is 28.6 Å². The summed E-state index contributed by atoms with van der Waals surface area (Å²) in [6.45, 7) is 0. The van der Waals surface area contributed by atoms with E-state index in [9.17, 15) is 19.7 Å². The molecule has 2 amide bonds. The molecule has 2 aromatic rings. The van der Waals surface area contributed by atoms with Gasteiger partial charge in [-0.3, -0.25) is 29.9 Å². The molecule has 1 fully saturated rings. The molecule has 0 aliphatic carbocycles. The fourth-order valence-electron chi connectivity index (χ4n) is 2.59. The zero-order chi connectivity index (χ0) is 20.4. The van der Waals surface area contributed by atoms with Crippen LogP contribution in [-0.4, -0.2) is 29.0 Å². The normalized spacial score (nSPS) is 15.6. The molecule has 3 rings (SSSR count). The molecule has 1 saturated heterocycles. The first-order chi connectivity index (χ1) is 13.3. The summed E-state index contributed by atoms with van der Waals surface area (Å²) in [5.41, 5.74) is 0.166. The summed E-state index contributed by atoms with van der Waals surface area (Å²) in [6, 6.07) is 10.2. The molecule has 0 atom stereocenters. The van der Waals surface area contributed by atoms with E-state index in [0.717, 1.165) is 4.90 Å². The molecule has 1 aliphatic heterocycles. The number of carbonyl (C=O) groups is 2. The minimum Gasteiger partial charge on any atom is -0.496 e. The number of nitro groups is 1. The minimum atomic E-state index is -0.714. The van der Waals surface area contributed by atoms with Crippen LogP contribution in [0, 0.1) is 10.1 Å². The summed E-state index contributed by atoms with van der Waals surface area (Å²) in [7, 11) is 1.38. The van der Waals surface area contributed by atoms with Crippen LogP contribution >= 0.6 is 23.8 Å². The van der Waals surface area contributed by atoms with E-state index in [1.54, 1.807) is 24.3 Å². The van der Waals surface area contributed by atoms with Crippen molar-refractivity contribution in [1.29, 1.82) is 0 Å². The third kappa shape index (κ3) is 3.71. The smallest absolute Gasteiger partial charge is 0.270 e. The van der Waals surface area contributed by atoms with Gasteiger partial charge in [-0.25, -0.2) is 0 Å². The lowest BCUT2D eigenvalue weighted by Gasteiger charge is -2.29. The molecule has 1 aliphatic rings. The number of halogens is 1.